The molecule has 0 unspecified atom stereocenters. The number of amides is 1. The molecule has 6 heteroatoms. The molecule has 24 heavy (non-hydrogen) atoms. The van der Waals surface area contributed by atoms with Crippen LogP contribution in [0.5, 0.6) is 11.5 Å². The standard InChI is InChI=1S/C18H28N2O4/c1-5-24-15-7-6-14(12-16(15)22-4)17(21)19-13-18(2,3)20-8-10-23-11-9-20/h6-7,12H,5,8-11,13H2,1-4H3,(H,19,21). The molecular formula is C18H28N2O4. The topological polar surface area (TPSA) is 60.0 Å². The molecule has 1 aromatic carbocycles. The molecule has 6 nitrogen and oxygen atoms in total. The summed E-state index contributed by atoms with van der Waals surface area (Å²) in [6.45, 7) is 10.6. The highest BCUT2D eigenvalue weighted by molar-refractivity contribution is 5.94. The highest BCUT2D eigenvalue weighted by Gasteiger charge is 2.28. The Kier molecular flexibility index (Phi) is 6.45. The Morgan fingerprint density at radius 3 is 2.62 bits per heavy atom. The number of morpholine rings is 1. The summed E-state index contributed by atoms with van der Waals surface area (Å²) < 4.78 is 16.2. The third kappa shape index (κ3) is 4.61. The minimum Gasteiger partial charge on any atom is -0.493 e. The molecule has 1 fully saturated rings. The minimum absolute atomic E-state index is 0.113. The largest absolute Gasteiger partial charge is 0.493 e. The smallest absolute Gasteiger partial charge is 0.251 e. The molecule has 0 radical (unpaired) electrons. The molecule has 1 N–H and O–H groups in total. The van der Waals surface area contributed by atoms with Crippen LogP contribution in [0.4, 0.5) is 0 Å². The van der Waals surface area contributed by atoms with Gasteiger partial charge in [-0.2, -0.15) is 0 Å². The maximum Gasteiger partial charge on any atom is 0.251 e. The highest BCUT2D eigenvalue weighted by Crippen LogP contribution is 2.28. The van der Waals surface area contributed by atoms with Crippen LogP contribution in [0.3, 0.4) is 0 Å². The summed E-state index contributed by atoms with van der Waals surface area (Å²) >= 11 is 0. The SMILES string of the molecule is CCOc1ccc(C(=O)NCC(C)(C)N2CCOCC2)cc1OC. The first kappa shape index (κ1) is 18.5. The first-order valence-corrected chi connectivity index (χ1v) is 8.39. The van der Waals surface area contributed by atoms with Crippen molar-refractivity contribution in [2.75, 3.05) is 46.6 Å². The number of nitrogens with zero attached hydrogens (tertiary/aromatic N) is 1. The van der Waals surface area contributed by atoms with E-state index in [4.69, 9.17) is 14.2 Å². The highest BCUT2D eigenvalue weighted by atomic mass is 16.5. The van der Waals surface area contributed by atoms with Gasteiger partial charge in [0.15, 0.2) is 11.5 Å². The molecule has 1 heterocycles. The van der Waals surface area contributed by atoms with E-state index in [2.05, 4.69) is 24.1 Å². The molecule has 134 valence electrons. The zero-order chi connectivity index (χ0) is 17.6. The molecule has 0 aromatic heterocycles. The Hall–Kier alpha value is -1.79. The lowest BCUT2D eigenvalue weighted by atomic mass is 10.0. The Labute approximate surface area is 144 Å². The number of methoxy groups -OCH3 is 1. The number of hydrogen-bond donors (Lipinski definition) is 1. The molecule has 1 aliphatic heterocycles. The third-order valence-corrected chi connectivity index (χ3v) is 4.27. The van der Waals surface area contributed by atoms with E-state index in [0.29, 0.717) is 30.2 Å². The Morgan fingerprint density at radius 2 is 2.00 bits per heavy atom. The number of hydrogen-bond acceptors (Lipinski definition) is 5. The number of nitrogens with one attached hydrogen (secondary N) is 1. The number of carbonyl (C=O) groups is 1. The molecule has 0 saturated carbocycles. The van der Waals surface area contributed by atoms with Gasteiger partial charge in [0.1, 0.15) is 0 Å². The van der Waals surface area contributed by atoms with Crippen molar-refractivity contribution in [1.82, 2.24) is 10.2 Å². The molecule has 0 spiro atoms. The van der Waals surface area contributed by atoms with Crippen LogP contribution in [-0.2, 0) is 4.74 Å². The molecule has 1 aliphatic rings. The fourth-order valence-corrected chi connectivity index (χ4v) is 2.76. The van der Waals surface area contributed by atoms with Crippen molar-refractivity contribution in [2.45, 2.75) is 26.3 Å². The van der Waals surface area contributed by atoms with Crippen molar-refractivity contribution in [3.8, 4) is 11.5 Å². The molecule has 2 rings (SSSR count). The van der Waals surface area contributed by atoms with Gasteiger partial charge in [0.05, 0.1) is 26.9 Å². The van der Waals surface area contributed by atoms with Crippen LogP contribution >= 0.6 is 0 Å². The average Bonchev–Trinajstić information content (AvgIpc) is 2.61. The Bertz CT molecular complexity index is 554. The predicted molar refractivity (Wildman–Crippen MR) is 93.0 cm³/mol. The Balaban J connectivity index is 1.98. The van der Waals surface area contributed by atoms with Crippen LogP contribution in [0.2, 0.25) is 0 Å². The van der Waals surface area contributed by atoms with Gasteiger partial charge in [0, 0.05) is 30.7 Å². The van der Waals surface area contributed by atoms with Crippen LogP contribution in [0.1, 0.15) is 31.1 Å². The molecule has 1 saturated heterocycles. The normalized spacial score (nSPS) is 15.8. The fraction of sp³-hybridized carbons (Fsp3) is 0.611. The minimum atomic E-state index is -0.116. The summed E-state index contributed by atoms with van der Waals surface area (Å²) in [4.78, 5) is 14.8. The van der Waals surface area contributed by atoms with Crippen molar-refractivity contribution in [3.05, 3.63) is 23.8 Å². The van der Waals surface area contributed by atoms with Gasteiger partial charge in [-0.15, -0.1) is 0 Å². The zero-order valence-corrected chi connectivity index (χ0v) is 15.1. The van der Waals surface area contributed by atoms with Crippen LogP contribution in [0.25, 0.3) is 0 Å². The van der Waals surface area contributed by atoms with E-state index in [9.17, 15) is 4.79 Å². The molecule has 1 aromatic rings. The van der Waals surface area contributed by atoms with E-state index < -0.39 is 0 Å². The summed E-state index contributed by atoms with van der Waals surface area (Å²) in [5.41, 5.74) is 0.447. The summed E-state index contributed by atoms with van der Waals surface area (Å²) in [6, 6.07) is 5.23. The van der Waals surface area contributed by atoms with E-state index in [0.717, 1.165) is 26.3 Å². The van der Waals surface area contributed by atoms with Gasteiger partial charge < -0.3 is 19.5 Å². The number of benzene rings is 1. The second-order valence-corrected chi connectivity index (χ2v) is 6.39. The van der Waals surface area contributed by atoms with Crippen LogP contribution in [-0.4, -0.2) is 62.9 Å². The summed E-state index contributed by atoms with van der Waals surface area (Å²) in [7, 11) is 1.57. The van der Waals surface area contributed by atoms with Gasteiger partial charge in [-0.3, -0.25) is 9.69 Å². The van der Waals surface area contributed by atoms with Crippen molar-refractivity contribution in [1.29, 1.82) is 0 Å². The van der Waals surface area contributed by atoms with Gasteiger partial charge >= 0.3 is 0 Å². The summed E-state index contributed by atoms with van der Waals surface area (Å²) in [5.74, 6) is 1.10. The number of carbonyl (C=O) groups excluding carboxylic acids is 1. The average molecular weight is 336 g/mol. The van der Waals surface area contributed by atoms with E-state index in [-0.39, 0.29) is 11.4 Å². The van der Waals surface area contributed by atoms with Gasteiger partial charge in [0.25, 0.3) is 5.91 Å². The maximum absolute atomic E-state index is 12.5. The lowest BCUT2D eigenvalue weighted by Crippen LogP contribution is -2.55. The summed E-state index contributed by atoms with van der Waals surface area (Å²) in [5, 5.41) is 3.02. The van der Waals surface area contributed by atoms with Crippen LogP contribution in [0.15, 0.2) is 18.2 Å². The molecule has 0 aliphatic carbocycles. The zero-order valence-electron chi connectivity index (χ0n) is 15.1. The monoisotopic (exact) mass is 336 g/mol. The first-order valence-electron chi connectivity index (χ1n) is 8.39. The molecule has 0 atom stereocenters. The third-order valence-electron chi connectivity index (χ3n) is 4.27. The van der Waals surface area contributed by atoms with Gasteiger partial charge in [-0.25, -0.2) is 0 Å². The lowest BCUT2D eigenvalue weighted by molar-refractivity contribution is -0.00923. The number of rotatable bonds is 7. The van der Waals surface area contributed by atoms with E-state index in [1.165, 1.54) is 0 Å². The van der Waals surface area contributed by atoms with Crippen molar-refractivity contribution in [2.24, 2.45) is 0 Å². The van der Waals surface area contributed by atoms with Crippen LogP contribution in [0, 0.1) is 0 Å². The van der Waals surface area contributed by atoms with Crippen molar-refractivity contribution in [3.63, 3.8) is 0 Å². The van der Waals surface area contributed by atoms with Gasteiger partial charge in [-0.05, 0) is 39.0 Å². The van der Waals surface area contributed by atoms with Gasteiger partial charge in [-0.1, -0.05) is 0 Å². The molecular weight excluding hydrogens is 308 g/mol. The fourth-order valence-electron chi connectivity index (χ4n) is 2.76. The van der Waals surface area contributed by atoms with E-state index in [1.54, 1.807) is 25.3 Å². The second-order valence-electron chi connectivity index (χ2n) is 6.39. The molecule has 0 bridgehead atoms. The van der Waals surface area contributed by atoms with Crippen molar-refractivity contribution < 1.29 is 19.0 Å². The predicted octanol–water partition coefficient (Wildman–Crippen LogP) is 1.93. The molecule has 1 amide bonds. The van der Waals surface area contributed by atoms with E-state index in [1.807, 2.05) is 6.92 Å². The number of ether oxygens (including phenoxy) is 3. The van der Waals surface area contributed by atoms with E-state index >= 15 is 0 Å². The lowest BCUT2D eigenvalue weighted by Gasteiger charge is -2.40. The quantitative estimate of drug-likeness (QED) is 0.824. The summed E-state index contributed by atoms with van der Waals surface area (Å²) in [6.07, 6.45) is 0. The van der Waals surface area contributed by atoms with Gasteiger partial charge in [0.2, 0.25) is 0 Å². The van der Waals surface area contributed by atoms with Crippen molar-refractivity contribution >= 4 is 5.91 Å². The first-order chi connectivity index (χ1) is 11.5. The maximum atomic E-state index is 12.5. The Morgan fingerprint density at radius 1 is 1.29 bits per heavy atom. The van der Waals surface area contributed by atoms with Crippen LogP contribution < -0.4 is 14.8 Å². The second kappa shape index (κ2) is 8.35.